The molecule has 0 saturated carbocycles. The summed E-state index contributed by atoms with van der Waals surface area (Å²) >= 11 is 0. The number of ether oxygens (including phenoxy) is 2. The Labute approximate surface area is 86.4 Å². The molecule has 2 atom stereocenters. The van der Waals surface area contributed by atoms with Gasteiger partial charge in [-0.2, -0.15) is 0 Å². The van der Waals surface area contributed by atoms with Crippen molar-refractivity contribution in [1.29, 1.82) is 0 Å². The van der Waals surface area contributed by atoms with Gasteiger partial charge in [-0.25, -0.2) is 0 Å². The maximum Gasteiger partial charge on any atom is 0.105 e. The topological polar surface area (TPSA) is 21.7 Å². The van der Waals surface area contributed by atoms with E-state index in [2.05, 4.69) is 25.8 Å². The van der Waals surface area contributed by atoms with Crippen LogP contribution in [0.2, 0.25) is 0 Å². The molecule has 0 aromatic heterocycles. The predicted octanol–water partition coefficient (Wildman–Crippen LogP) is 1.13. The summed E-state index contributed by atoms with van der Waals surface area (Å²) in [7, 11) is 2.15. The van der Waals surface area contributed by atoms with Gasteiger partial charge in [0.05, 0.1) is 19.3 Å². The smallest absolute Gasteiger partial charge is 0.105 e. The van der Waals surface area contributed by atoms with Gasteiger partial charge in [0.15, 0.2) is 0 Å². The standard InChI is InChI=1S/C11H21NO2/c1-9(2)10-6-14-11(8-13-10)4-5-12(3)7-11/h9-10H,4-8H2,1-3H3. The normalized spacial score (nSPS) is 39.9. The third-order valence-corrected chi connectivity index (χ3v) is 3.37. The van der Waals surface area contributed by atoms with E-state index in [1.807, 2.05) is 0 Å². The lowest BCUT2D eigenvalue weighted by Gasteiger charge is -2.38. The lowest BCUT2D eigenvalue weighted by Crippen LogP contribution is -2.49. The summed E-state index contributed by atoms with van der Waals surface area (Å²) in [6, 6.07) is 0. The van der Waals surface area contributed by atoms with Crippen molar-refractivity contribution in [2.24, 2.45) is 5.92 Å². The molecule has 0 aromatic carbocycles. The molecule has 2 aliphatic heterocycles. The van der Waals surface area contributed by atoms with Gasteiger partial charge in [0.25, 0.3) is 0 Å². The van der Waals surface area contributed by atoms with E-state index in [4.69, 9.17) is 9.47 Å². The molecule has 1 spiro atoms. The highest BCUT2D eigenvalue weighted by atomic mass is 16.6. The number of likely N-dealkylation sites (N-methyl/N-ethyl adjacent to an activating group) is 1. The molecule has 0 N–H and O–H groups in total. The molecular weight excluding hydrogens is 178 g/mol. The van der Waals surface area contributed by atoms with E-state index in [9.17, 15) is 0 Å². The number of likely N-dealkylation sites (tertiary alicyclic amines) is 1. The Kier molecular flexibility index (Phi) is 2.82. The average molecular weight is 199 g/mol. The largest absolute Gasteiger partial charge is 0.373 e. The Morgan fingerprint density at radius 1 is 1.43 bits per heavy atom. The van der Waals surface area contributed by atoms with Crippen LogP contribution in [0.25, 0.3) is 0 Å². The molecular formula is C11H21NO2. The summed E-state index contributed by atoms with van der Waals surface area (Å²) < 4.78 is 11.9. The van der Waals surface area contributed by atoms with Crippen molar-refractivity contribution >= 4 is 0 Å². The molecule has 0 bridgehead atoms. The number of hydrogen-bond acceptors (Lipinski definition) is 3. The van der Waals surface area contributed by atoms with Crippen molar-refractivity contribution in [3.63, 3.8) is 0 Å². The SMILES string of the molecule is CC(C)C1COC2(CCN(C)C2)CO1. The maximum atomic E-state index is 6.00. The lowest BCUT2D eigenvalue weighted by atomic mass is 10.0. The summed E-state index contributed by atoms with van der Waals surface area (Å²) in [6.45, 7) is 8.08. The van der Waals surface area contributed by atoms with Gasteiger partial charge >= 0.3 is 0 Å². The fraction of sp³-hybridized carbons (Fsp3) is 1.00. The zero-order chi connectivity index (χ0) is 10.2. The Morgan fingerprint density at radius 3 is 2.64 bits per heavy atom. The predicted molar refractivity (Wildman–Crippen MR) is 55.4 cm³/mol. The lowest BCUT2D eigenvalue weighted by molar-refractivity contribution is -0.194. The molecule has 2 unspecified atom stereocenters. The zero-order valence-electron chi connectivity index (χ0n) is 9.45. The van der Waals surface area contributed by atoms with Crippen LogP contribution in [0.1, 0.15) is 20.3 Å². The molecule has 2 rings (SSSR count). The minimum atomic E-state index is 0.0140. The number of hydrogen-bond donors (Lipinski definition) is 0. The van der Waals surface area contributed by atoms with Crippen LogP contribution in [0.4, 0.5) is 0 Å². The Bertz CT molecular complexity index is 197. The maximum absolute atomic E-state index is 6.00. The third kappa shape index (κ3) is 1.95. The van der Waals surface area contributed by atoms with E-state index < -0.39 is 0 Å². The van der Waals surface area contributed by atoms with Crippen LogP contribution in [0.15, 0.2) is 0 Å². The molecule has 0 aliphatic carbocycles. The van der Waals surface area contributed by atoms with Crippen LogP contribution in [-0.2, 0) is 9.47 Å². The van der Waals surface area contributed by atoms with Gasteiger partial charge < -0.3 is 14.4 Å². The molecule has 82 valence electrons. The van der Waals surface area contributed by atoms with E-state index >= 15 is 0 Å². The minimum Gasteiger partial charge on any atom is -0.373 e. The fourth-order valence-corrected chi connectivity index (χ4v) is 2.27. The fourth-order valence-electron chi connectivity index (χ4n) is 2.27. The second kappa shape index (κ2) is 3.80. The first-order valence-corrected chi connectivity index (χ1v) is 5.55. The van der Waals surface area contributed by atoms with Gasteiger partial charge in [0.1, 0.15) is 5.60 Å². The molecule has 2 aliphatic rings. The van der Waals surface area contributed by atoms with E-state index in [0.717, 1.165) is 32.7 Å². The van der Waals surface area contributed by atoms with E-state index in [1.54, 1.807) is 0 Å². The van der Waals surface area contributed by atoms with Crippen LogP contribution >= 0.6 is 0 Å². The first kappa shape index (κ1) is 10.4. The second-order valence-corrected chi connectivity index (χ2v) is 5.08. The Balaban J connectivity index is 1.89. The summed E-state index contributed by atoms with van der Waals surface area (Å²) in [5.41, 5.74) is 0.0140. The monoisotopic (exact) mass is 199 g/mol. The van der Waals surface area contributed by atoms with Crippen molar-refractivity contribution < 1.29 is 9.47 Å². The van der Waals surface area contributed by atoms with Crippen LogP contribution in [0.3, 0.4) is 0 Å². The highest BCUT2D eigenvalue weighted by Crippen LogP contribution is 2.30. The van der Waals surface area contributed by atoms with Gasteiger partial charge in [0.2, 0.25) is 0 Å². The summed E-state index contributed by atoms with van der Waals surface area (Å²) in [5, 5.41) is 0. The van der Waals surface area contributed by atoms with Crippen LogP contribution < -0.4 is 0 Å². The van der Waals surface area contributed by atoms with Crippen molar-refractivity contribution in [3.05, 3.63) is 0 Å². The molecule has 2 saturated heterocycles. The molecule has 2 heterocycles. The van der Waals surface area contributed by atoms with Gasteiger partial charge in [-0.05, 0) is 19.4 Å². The summed E-state index contributed by atoms with van der Waals surface area (Å²) in [6.07, 6.45) is 1.42. The molecule has 0 radical (unpaired) electrons. The van der Waals surface area contributed by atoms with Crippen LogP contribution in [-0.4, -0.2) is 50.0 Å². The summed E-state index contributed by atoms with van der Waals surface area (Å²) in [4.78, 5) is 2.32. The number of rotatable bonds is 1. The van der Waals surface area contributed by atoms with Gasteiger partial charge in [-0.15, -0.1) is 0 Å². The van der Waals surface area contributed by atoms with Crippen molar-refractivity contribution in [1.82, 2.24) is 4.90 Å². The minimum absolute atomic E-state index is 0.0140. The third-order valence-electron chi connectivity index (χ3n) is 3.37. The first-order valence-electron chi connectivity index (χ1n) is 5.55. The van der Waals surface area contributed by atoms with Crippen LogP contribution in [0, 0.1) is 5.92 Å². The quantitative estimate of drug-likeness (QED) is 0.632. The van der Waals surface area contributed by atoms with Gasteiger partial charge in [-0.1, -0.05) is 13.8 Å². The highest BCUT2D eigenvalue weighted by Gasteiger charge is 2.42. The Morgan fingerprint density at radius 2 is 2.21 bits per heavy atom. The summed E-state index contributed by atoms with van der Waals surface area (Å²) in [5.74, 6) is 0.562. The molecule has 3 nitrogen and oxygen atoms in total. The highest BCUT2D eigenvalue weighted by molar-refractivity contribution is 4.93. The van der Waals surface area contributed by atoms with Gasteiger partial charge in [-0.3, -0.25) is 0 Å². The second-order valence-electron chi connectivity index (χ2n) is 5.08. The van der Waals surface area contributed by atoms with E-state index in [0.29, 0.717) is 12.0 Å². The number of nitrogens with zero attached hydrogens (tertiary/aromatic N) is 1. The molecule has 3 heteroatoms. The first-order chi connectivity index (χ1) is 6.61. The molecule has 0 amide bonds. The molecule has 0 aromatic rings. The van der Waals surface area contributed by atoms with Crippen LogP contribution in [0.5, 0.6) is 0 Å². The van der Waals surface area contributed by atoms with Crippen molar-refractivity contribution in [3.8, 4) is 0 Å². The van der Waals surface area contributed by atoms with Crippen molar-refractivity contribution in [2.75, 3.05) is 33.4 Å². The van der Waals surface area contributed by atoms with Gasteiger partial charge in [0, 0.05) is 13.1 Å². The zero-order valence-corrected chi connectivity index (χ0v) is 9.45. The van der Waals surface area contributed by atoms with E-state index in [-0.39, 0.29) is 5.60 Å². The Hall–Kier alpha value is -0.120. The average Bonchev–Trinajstić information content (AvgIpc) is 2.48. The molecule has 14 heavy (non-hydrogen) atoms. The van der Waals surface area contributed by atoms with Crippen molar-refractivity contribution in [2.45, 2.75) is 32.0 Å². The molecule has 2 fully saturated rings. The van der Waals surface area contributed by atoms with E-state index in [1.165, 1.54) is 0 Å².